The van der Waals surface area contributed by atoms with Crippen molar-refractivity contribution in [2.45, 2.75) is 6.10 Å². The third-order valence-electron chi connectivity index (χ3n) is 1.98. The van der Waals surface area contributed by atoms with Gasteiger partial charge in [-0.05, 0) is 58.4 Å². The van der Waals surface area contributed by atoms with Crippen molar-refractivity contribution in [3.05, 3.63) is 50.3 Å². The normalized spacial score (nSPS) is 12.7. The highest BCUT2D eigenvalue weighted by Gasteiger charge is 2.16. The molecule has 1 heterocycles. The van der Waals surface area contributed by atoms with Gasteiger partial charge < -0.3 is 5.11 Å². The van der Waals surface area contributed by atoms with E-state index >= 15 is 0 Å². The second kappa shape index (κ2) is 4.54. The molecule has 0 aliphatic heterocycles. The maximum atomic E-state index is 13.4. The van der Waals surface area contributed by atoms with Crippen molar-refractivity contribution in [2.24, 2.45) is 0 Å². The summed E-state index contributed by atoms with van der Waals surface area (Å²) in [5.74, 6) is -0.392. The molecule has 0 radical (unpaired) electrons. The lowest BCUT2D eigenvalue weighted by atomic mass is 10.1. The molecule has 0 spiro atoms. The van der Waals surface area contributed by atoms with Gasteiger partial charge in [0.15, 0.2) is 0 Å². The highest BCUT2D eigenvalue weighted by Crippen LogP contribution is 2.27. The zero-order chi connectivity index (χ0) is 10.8. The Kier molecular flexibility index (Phi) is 3.32. The molecular weight excluding hydrogens is 328 g/mol. The lowest BCUT2D eigenvalue weighted by molar-refractivity contribution is 0.218. The first kappa shape index (κ1) is 11.0. The summed E-state index contributed by atoms with van der Waals surface area (Å²) in [4.78, 5) is 0.649. The van der Waals surface area contributed by atoms with Gasteiger partial charge in [-0.3, -0.25) is 0 Å². The van der Waals surface area contributed by atoms with Crippen LogP contribution in [-0.4, -0.2) is 9.48 Å². The molecule has 2 nitrogen and oxygen atoms in total. The van der Waals surface area contributed by atoms with Gasteiger partial charge in [0.05, 0.1) is 4.88 Å². The molecule has 0 bridgehead atoms. The van der Waals surface area contributed by atoms with E-state index in [-0.39, 0.29) is 0 Å². The Morgan fingerprint density at radius 3 is 2.87 bits per heavy atom. The van der Waals surface area contributed by atoms with Crippen LogP contribution in [0.1, 0.15) is 16.5 Å². The second-order valence-electron chi connectivity index (χ2n) is 2.98. The van der Waals surface area contributed by atoms with E-state index in [9.17, 15) is 9.50 Å². The lowest BCUT2D eigenvalue weighted by Crippen LogP contribution is -2.00. The van der Waals surface area contributed by atoms with E-state index in [1.165, 1.54) is 17.6 Å². The van der Waals surface area contributed by atoms with Crippen molar-refractivity contribution in [1.82, 2.24) is 4.37 Å². The summed E-state index contributed by atoms with van der Waals surface area (Å²) in [5.41, 5.74) is 0.297. The highest BCUT2D eigenvalue weighted by atomic mass is 127. The monoisotopic (exact) mass is 335 g/mol. The summed E-state index contributed by atoms with van der Waals surface area (Å²) in [5, 5.41) is 9.91. The number of aliphatic hydroxyl groups excluding tert-OH is 1. The fraction of sp³-hybridized carbons (Fsp3) is 0.100. The minimum absolute atomic E-state index is 0.297. The van der Waals surface area contributed by atoms with Crippen LogP contribution in [0.15, 0.2) is 30.5 Å². The molecule has 1 N–H and O–H groups in total. The molecule has 2 rings (SSSR count). The van der Waals surface area contributed by atoms with Crippen LogP contribution >= 0.6 is 34.1 Å². The topological polar surface area (TPSA) is 33.1 Å². The van der Waals surface area contributed by atoms with Crippen LogP contribution in [-0.2, 0) is 0 Å². The number of aliphatic hydroxyl groups is 1. The molecule has 0 aliphatic carbocycles. The second-order valence-corrected chi connectivity index (χ2v) is 5.09. The highest BCUT2D eigenvalue weighted by molar-refractivity contribution is 14.1. The Bertz CT molecular complexity index is 460. The smallest absolute Gasteiger partial charge is 0.129 e. The molecule has 78 valence electrons. The average Bonchev–Trinajstić information content (AvgIpc) is 2.74. The largest absolute Gasteiger partial charge is 0.383 e. The quantitative estimate of drug-likeness (QED) is 0.856. The molecule has 0 saturated carbocycles. The van der Waals surface area contributed by atoms with E-state index in [1.807, 2.05) is 0 Å². The van der Waals surface area contributed by atoms with Crippen LogP contribution in [0.25, 0.3) is 0 Å². The summed E-state index contributed by atoms with van der Waals surface area (Å²) < 4.78 is 18.2. The number of hydrogen-bond acceptors (Lipinski definition) is 3. The molecule has 15 heavy (non-hydrogen) atoms. The Morgan fingerprint density at radius 2 is 2.20 bits per heavy atom. The SMILES string of the molecule is OC(c1ccns1)c1cc(I)ccc1F. The number of rotatable bonds is 2. The zero-order valence-corrected chi connectivity index (χ0v) is 10.5. The minimum Gasteiger partial charge on any atom is -0.383 e. The number of benzene rings is 1. The molecule has 0 aliphatic rings. The first-order valence-electron chi connectivity index (χ1n) is 4.22. The lowest BCUT2D eigenvalue weighted by Gasteiger charge is -2.09. The van der Waals surface area contributed by atoms with E-state index in [0.717, 1.165) is 3.57 Å². The van der Waals surface area contributed by atoms with Crippen LogP contribution in [0, 0.1) is 9.39 Å². The van der Waals surface area contributed by atoms with E-state index in [0.29, 0.717) is 10.4 Å². The summed E-state index contributed by atoms with van der Waals surface area (Å²) in [6.45, 7) is 0. The van der Waals surface area contributed by atoms with Gasteiger partial charge in [0, 0.05) is 15.3 Å². The Balaban J connectivity index is 2.41. The molecule has 0 saturated heterocycles. The number of halogens is 2. The van der Waals surface area contributed by atoms with Gasteiger partial charge in [-0.2, -0.15) is 0 Å². The molecule has 1 unspecified atom stereocenters. The van der Waals surface area contributed by atoms with Gasteiger partial charge in [-0.25, -0.2) is 8.76 Å². The van der Waals surface area contributed by atoms with Gasteiger partial charge in [0.2, 0.25) is 0 Å². The van der Waals surface area contributed by atoms with Crippen molar-refractivity contribution in [3.63, 3.8) is 0 Å². The molecule has 5 heteroatoms. The summed E-state index contributed by atoms with van der Waals surface area (Å²) in [7, 11) is 0. The molecular formula is C10H7FINOS. The predicted molar refractivity (Wildman–Crippen MR) is 65.3 cm³/mol. The number of aromatic nitrogens is 1. The first-order valence-corrected chi connectivity index (χ1v) is 6.07. The van der Waals surface area contributed by atoms with Crippen LogP contribution in [0.3, 0.4) is 0 Å². The van der Waals surface area contributed by atoms with Crippen LogP contribution in [0.5, 0.6) is 0 Å². The Morgan fingerprint density at radius 1 is 1.40 bits per heavy atom. The fourth-order valence-electron chi connectivity index (χ4n) is 1.24. The van der Waals surface area contributed by atoms with E-state index in [4.69, 9.17) is 0 Å². The molecule has 1 aromatic heterocycles. The number of nitrogens with zero attached hydrogens (tertiary/aromatic N) is 1. The van der Waals surface area contributed by atoms with Gasteiger partial charge in [-0.1, -0.05) is 0 Å². The maximum absolute atomic E-state index is 13.4. The summed E-state index contributed by atoms with van der Waals surface area (Å²) in [6, 6.07) is 6.36. The first-order chi connectivity index (χ1) is 7.18. The molecule has 0 fully saturated rings. The zero-order valence-electron chi connectivity index (χ0n) is 7.52. The van der Waals surface area contributed by atoms with E-state index in [1.54, 1.807) is 24.4 Å². The van der Waals surface area contributed by atoms with Crippen molar-refractivity contribution < 1.29 is 9.50 Å². The standard InChI is InChI=1S/C10H7FINOS/c11-8-2-1-6(12)5-7(8)10(14)9-3-4-13-15-9/h1-5,10,14H. The third-order valence-corrected chi connectivity index (χ3v) is 3.45. The van der Waals surface area contributed by atoms with Crippen molar-refractivity contribution in [1.29, 1.82) is 0 Å². The Hall–Kier alpha value is -0.530. The van der Waals surface area contributed by atoms with Crippen molar-refractivity contribution in [2.75, 3.05) is 0 Å². The van der Waals surface area contributed by atoms with Crippen molar-refractivity contribution in [3.8, 4) is 0 Å². The van der Waals surface area contributed by atoms with Gasteiger partial charge in [0.25, 0.3) is 0 Å². The number of hydrogen-bond donors (Lipinski definition) is 1. The minimum atomic E-state index is -0.924. The molecule has 1 atom stereocenters. The molecule has 1 aromatic carbocycles. The van der Waals surface area contributed by atoms with Crippen molar-refractivity contribution >= 4 is 34.1 Å². The predicted octanol–water partition coefficient (Wildman–Crippen LogP) is 2.97. The van der Waals surface area contributed by atoms with Crippen LogP contribution < -0.4 is 0 Å². The third kappa shape index (κ3) is 2.35. The maximum Gasteiger partial charge on any atom is 0.129 e. The Labute approximate surface area is 104 Å². The fourth-order valence-corrected chi connectivity index (χ4v) is 2.35. The average molecular weight is 335 g/mol. The molecule has 0 amide bonds. The van der Waals surface area contributed by atoms with Gasteiger partial charge in [-0.15, -0.1) is 0 Å². The van der Waals surface area contributed by atoms with Crippen LogP contribution in [0.4, 0.5) is 4.39 Å². The van der Waals surface area contributed by atoms with Crippen LogP contribution in [0.2, 0.25) is 0 Å². The van der Waals surface area contributed by atoms with E-state index in [2.05, 4.69) is 27.0 Å². The van der Waals surface area contributed by atoms with E-state index < -0.39 is 11.9 Å². The summed E-state index contributed by atoms with van der Waals surface area (Å²) >= 11 is 3.25. The summed E-state index contributed by atoms with van der Waals surface area (Å²) in [6.07, 6.45) is 0.668. The molecule has 2 aromatic rings. The van der Waals surface area contributed by atoms with Gasteiger partial charge >= 0.3 is 0 Å². The van der Waals surface area contributed by atoms with Gasteiger partial charge in [0.1, 0.15) is 11.9 Å².